The maximum atomic E-state index is 12.8. The monoisotopic (exact) mass is 509 g/mol. The Morgan fingerprint density at radius 3 is 2.49 bits per heavy atom. The van der Waals surface area contributed by atoms with Crippen molar-refractivity contribution in [2.45, 2.75) is 17.9 Å². The van der Waals surface area contributed by atoms with Gasteiger partial charge in [-0.25, -0.2) is 0 Å². The van der Waals surface area contributed by atoms with Gasteiger partial charge in [-0.05, 0) is 36.4 Å². The second kappa shape index (κ2) is 11.1. The highest BCUT2D eigenvalue weighted by Crippen LogP contribution is 2.31. The number of hydrogen-bond acceptors (Lipinski definition) is 7. The molecule has 0 unspecified atom stereocenters. The van der Waals surface area contributed by atoms with E-state index in [-0.39, 0.29) is 23.9 Å². The molecule has 13 heteroatoms. The van der Waals surface area contributed by atoms with E-state index < -0.39 is 17.6 Å². The van der Waals surface area contributed by atoms with Gasteiger partial charge in [-0.1, -0.05) is 17.8 Å². The number of halogens is 3. The number of nitrogens with zero attached hydrogens (tertiary/aromatic N) is 3. The van der Waals surface area contributed by atoms with E-state index in [2.05, 4.69) is 20.8 Å². The molecule has 2 aromatic carbocycles. The van der Waals surface area contributed by atoms with Crippen molar-refractivity contribution in [3.63, 3.8) is 0 Å². The summed E-state index contributed by atoms with van der Waals surface area (Å²) in [5.41, 5.74) is -0.441. The number of rotatable bonds is 9. The topological polar surface area (TPSA) is 107 Å². The summed E-state index contributed by atoms with van der Waals surface area (Å²) in [5.74, 6) is 0.404. The summed E-state index contributed by atoms with van der Waals surface area (Å²) in [6.45, 7) is 0.0771. The number of methoxy groups -OCH3 is 2. The van der Waals surface area contributed by atoms with Gasteiger partial charge in [0.25, 0.3) is 5.91 Å². The lowest BCUT2D eigenvalue weighted by Gasteiger charge is -2.10. The molecule has 3 rings (SSSR count). The maximum Gasteiger partial charge on any atom is 0.416 e. The van der Waals surface area contributed by atoms with Crippen LogP contribution in [0.4, 0.5) is 18.9 Å². The second-order valence-corrected chi connectivity index (χ2v) is 8.07. The molecule has 9 nitrogen and oxygen atoms in total. The standard InChI is InChI=1S/C22H22F3N5O4S/c1-30-18(11-26-20(32)13-7-8-16(33-2)17(9-13)34-3)28-29-21(30)35-12-19(31)27-15-6-4-5-14(10-15)22(23,24)25/h4-10H,11-12H2,1-3H3,(H,26,32)(H,27,31). The number of aromatic nitrogens is 3. The third kappa shape index (κ3) is 6.66. The molecule has 186 valence electrons. The van der Waals surface area contributed by atoms with Crippen LogP contribution in [0, 0.1) is 0 Å². The molecule has 0 fully saturated rings. The SMILES string of the molecule is COc1ccc(C(=O)NCc2nnc(SCC(=O)Nc3cccc(C(F)(F)F)c3)n2C)cc1OC. The van der Waals surface area contributed by atoms with Crippen LogP contribution in [0.2, 0.25) is 0 Å². The zero-order valence-electron chi connectivity index (χ0n) is 19.0. The van der Waals surface area contributed by atoms with Gasteiger partial charge in [-0.3, -0.25) is 9.59 Å². The second-order valence-electron chi connectivity index (χ2n) is 7.13. The summed E-state index contributed by atoms with van der Waals surface area (Å²) < 4.78 is 50.4. The molecular weight excluding hydrogens is 487 g/mol. The van der Waals surface area contributed by atoms with Crippen molar-refractivity contribution in [1.82, 2.24) is 20.1 Å². The molecule has 0 aliphatic carbocycles. The first-order valence-electron chi connectivity index (χ1n) is 10.1. The fraction of sp³-hybridized carbons (Fsp3) is 0.273. The number of amides is 2. The summed E-state index contributed by atoms with van der Waals surface area (Å²) >= 11 is 1.06. The lowest BCUT2D eigenvalue weighted by atomic mass is 10.2. The molecule has 0 aliphatic heterocycles. The van der Waals surface area contributed by atoms with Gasteiger partial charge >= 0.3 is 6.18 Å². The van der Waals surface area contributed by atoms with Crippen molar-refractivity contribution < 1.29 is 32.2 Å². The fourth-order valence-corrected chi connectivity index (χ4v) is 3.69. The fourth-order valence-electron chi connectivity index (χ4n) is 2.96. The first-order chi connectivity index (χ1) is 16.6. The average Bonchev–Trinajstić information content (AvgIpc) is 3.19. The van der Waals surface area contributed by atoms with Crippen molar-refractivity contribution >= 4 is 29.3 Å². The Morgan fingerprint density at radius 2 is 1.80 bits per heavy atom. The predicted octanol–water partition coefficient (Wildman–Crippen LogP) is 3.51. The normalized spacial score (nSPS) is 11.1. The van der Waals surface area contributed by atoms with E-state index in [4.69, 9.17) is 9.47 Å². The van der Waals surface area contributed by atoms with E-state index in [1.807, 2.05) is 0 Å². The molecule has 3 aromatic rings. The Hall–Kier alpha value is -3.74. The van der Waals surface area contributed by atoms with Crippen molar-refractivity contribution in [2.75, 3.05) is 25.3 Å². The predicted molar refractivity (Wildman–Crippen MR) is 123 cm³/mol. The Labute approximate surface area is 203 Å². The number of anilines is 1. The summed E-state index contributed by atoms with van der Waals surface area (Å²) in [4.78, 5) is 24.7. The highest BCUT2D eigenvalue weighted by molar-refractivity contribution is 7.99. The van der Waals surface area contributed by atoms with Crippen LogP contribution in [0.1, 0.15) is 21.7 Å². The third-order valence-corrected chi connectivity index (χ3v) is 5.80. The Bertz CT molecular complexity index is 1220. The van der Waals surface area contributed by atoms with Crippen molar-refractivity contribution in [2.24, 2.45) is 7.05 Å². The van der Waals surface area contributed by atoms with Gasteiger partial charge in [0.2, 0.25) is 5.91 Å². The molecule has 2 amide bonds. The van der Waals surface area contributed by atoms with Crippen LogP contribution in [0.25, 0.3) is 0 Å². The highest BCUT2D eigenvalue weighted by atomic mass is 32.2. The minimum Gasteiger partial charge on any atom is -0.493 e. The number of benzene rings is 2. The Morgan fingerprint density at radius 1 is 1.06 bits per heavy atom. The number of alkyl halides is 3. The number of carbonyl (C=O) groups is 2. The molecular formula is C22H22F3N5O4S. The van der Waals surface area contributed by atoms with Crippen LogP contribution < -0.4 is 20.1 Å². The molecule has 1 heterocycles. The van der Waals surface area contributed by atoms with Gasteiger partial charge in [0.15, 0.2) is 22.5 Å². The lowest BCUT2D eigenvalue weighted by Crippen LogP contribution is -2.24. The Balaban J connectivity index is 1.55. The van der Waals surface area contributed by atoms with E-state index in [0.717, 1.165) is 23.9 Å². The van der Waals surface area contributed by atoms with Gasteiger partial charge in [0.1, 0.15) is 0 Å². The van der Waals surface area contributed by atoms with Crippen molar-refractivity contribution in [1.29, 1.82) is 0 Å². The highest BCUT2D eigenvalue weighted by Gasteiger charge is 2.30. The number of hydrogen-bond donors (Lipinski definition) is 2. The number of nitrogens with one attached hydrogen (secondary N) is 2. The van der Waals surface area contributed by atoms with Crippen molar-refractivity contribution in [3.05, 3.63) is 59.4 Å². The van der Waals surface area contributed by atoms with Crippen LogP contribution in [0.15, 0.2) is 47.6 Å². The van der Waals surface area contributed by atoms with Gasteiger partial charge in [-0.15, -0.1) is 10.2 Å². The van der Waals surface area contributed by atoms with Gasteiger partial charge in [-0.2, -0.15) is 13.2 Å². The van der Waals surface area contributed by atoms with E-state index in [0.29, 0.717) is 28.0 Å². The third-order valence-electron chi connectivity index (χ3n) is 4.78. The summed E-state index contributed by atoms with van der Waals surface area (Å²) in [7, 11) is 4.64. The largest absolute Gasteiger partial charge is 0.493 e. The molecule has 0 aliphatic rings. The van der Waals surface area contributed by atoms with Gasteiger partial charge in [0, 0.05) is 18.3 Å². The van der Waals surface area contributed by atoms with E-state index in [1.165, 1.54) is 26.4 Å². The molecule has 1 aromatic heterocycles. The zero-order valence-corrected chi connectivity index (χ0v) is 19.8. The van der Waals surface area contributed by atoms with Crippen molar-refractivity contribution in [3.8, 4) is 11.5 Å². The molecule has 35 heavy (non-hydrogen) atoms. The zero-order chi connectivity index (χ0) is 25.6. The first-order valence-corrected chi connectivity index (χ1v) is 11.1. The minimum atomic E-state index is -4.50. The minimum absolute atomic E-state index is 0.0435. The Kier molecular flexibility index (Phi) is 8.22. The van der Waals surface area contributed by atoms with Crippen LogP contribution in [0.3, 0.4) is 0 Å². The summed E-state index contributed by atoms with van der Waals surface area (Å²) in [6, 6.07) is 9.15. The average molecular weight is 510 g/mol. The molecule has 0 bridgehead atoms. The summed E-state index contributed by atoms with van der Waals surface area (Å²) in [5, 5.41) is 13.6. The van der Waals surface area contributed by atoms with Gasteiger partial charge in [0.05, 0.1) is 32.1 Å². The first kappa shape index (κ1) is 25.9. The lowest BCUT2D eigenvalue weighted by molar-refractivity contribution is -0.137. The molecule has 0 saturated heterocycles. The quantitative estimate of drug-likeness (QED) is 0.425. The molecule has 2 N–H and O–H groups in total. The van der Waals surface area contributed by atoms with E-state index >= 15 is 0 Å². The molecule has 0 atom stereocenters. The van der Waals surface area contributed by atoms with Crippen LogP contribution in [0.5, 0.6) is 11.5 Å². The smallest absolute Gasteiger partial charge is 0.416 e. The number of thioether (sulfide) groups is 1. The molecule has 0 radical (unpaired) electrons. The summed E-state index contributed by atoms with van der Waals surface area (Å²) in [6.07, 6.45) is -4.50. The number of ether oxygens (including phenoxy) is 2. The number of carbonyl (C=O) groups excluding carboxylic acids is 2. The van der Waals surface area contributed by atoms with E-state index in [1.54, 1.807) is 29.8 Å². The maximum absolute atomic E-state index is 12.8. The van der Waals surface area contributed by atoms with Crippen LogP contribution in [-0.4, -0.2) is 46.6 Å². The van der Waals surface area contributed by atoms with Crippen LogP contribution >= 0.6 is 11.8 Å². The molecule has 0 spiro atoms. The molecule has 0 saturated carbocycles. The van der Waals surface area contributed by atoms with Crippen LogP contribution in [-0.2, 0) is 24.6 Å². The van der Waals surface area contributed by atoms with Gasteiger partial charge < -0.3 is 24.7 Å². The van der Waals surface area contributed by atoms with E-state index in [9.17, 15) is 22.8 Å².